The molecule has 2 rings (SSSR count). The van der Waals surface area contributed by atoms with Gasteiger partial charge in [-0.25, -0.2) is 9.98 Å². The molecule has 66 valence electrons. The third kappa shape index (κ3) is 1.65. The summed E-state index contributed by atoms with van der Waals surface area (Å²) < 4.78 is 0. The summed E-state index contributed by atoms with van der Waals surface area (Å²) in [4.78, 5) is 8.34. The topological polar surface area (TPSA) is 50.7 Å². The Kier molecular flexibility index (Phi) is 1.74. The number of benzene rings is 1. The van der Waals surface area contributed by atoms with Crippen LogP contribution in [0.5, 0.6) is 0 Å². The summed E-state index contributed by atoms with van der Waals surface area (Å²) in [5.74, 6) is -0.773. The van der Waals surface area contributed by atoms with Crippen LogP contribution in [0.2, 0.25) is 0 Å². The number of aliphatic imine (C=N–C) groups is 2. The van der Waals surface area contributed by atoms with E-state index in [0.29, 0.717) is 0 Å². The van der Waals surface area contributed by atoms with Gasteiger partial charge in [0.2, 0.25) is 0 Å². The van der Waals surface area contributed by atoms with Gasteiger partial charge < -0.3 is 0 Å². The van der Waals surface area contributed by atoms with E-state index in [1.165, 1.54) is 0 Å². The summed E-state index contributed by atoms with van der Waals surface area (Å²) in [6.07, 6.45) is 1.72. The maximum absolute atomic E-state index is 5.72. The van der Waals surface area contributed by atoms with Gasteiger partial charge in [0.05, 0.1) is 11.9 Å². The maximum atomic E-state index is 5.72. The Morgan fingerprint density at radius 2 is 1.92 bits per heavy atom. The van der Waals surface area contributed by atoms with E-state index in [1.807, 2.05) is 30.3 Å². The lowest BCUT2D eigenvalue weighted by Crippen LogP contribution is -2.28. The number of hydrogen-bond acceptors (Lipinski definition) is 3. The van der Waals surface area contributed by atoms with Crippen molar-refractivity contribution in [2.24, 2.45) is 15.7 Å². The normalized spacial score (nSPS) is 26.2. The zero-order valence-electron chi connectivity index (χ0n) is 7.44. The van der Waals surface area contributed by atoms with Crippen molar-refractivity contribution in [1.82, 2.24) is 0 Å². The average Bonchev–Trinajstić information content (AvgIpc) is 2.48. The zero-order valence-corrected chi connectivity index (χ0v) is 7.44. The molecule has 0 spiro atoms. The molecule has 0 fully saturated rings. The highest BCUT2D eigenvalue weighted by Gasteiger charge is 2.20. The van der Waals surface area contributed by atoms with Gasteiger partial charge in [0, 0.05) is 5.56 Å². The Morgan fingerprint density at radius 3 is 2.46 bits per heavy atom. The van der Waals surface area contributed by atoms with Gasteiger partial charge in [-0.15, -0.1) is 0 Å². The van der Waals surface area contributed by atoms with Crippen LogP contribution in [-0.2, 0) is 0 Å². The molecule has 0 aliphatic carbocycles. The fraction of sp³-hybridized carbons (Fsp3) is 0.200. The molecule has 3 nitrogen and oxygen atoms in total. The molecule has 3 heteroatoms. The summed E-state index contributed by atoms with van der Waals surface area (Å²) in [7, 11) is 0. The quantitative estimate of drug-likeness (QED) is 0.681. The summed E-state index contributed by atoms with van der Waals surface area (Å²) in [5.41, 5.74) is 7.63. The molecular formula is C10H11N3. The first-order valence-corrected chi connectivity index (χ1v) is 4.17. The molecule has 0 bridgehead atoms. The smallest absolute Gasteiger partial charge is 0.199 e. The molecule has 0 amide bonds. The highest BCUT2D eigenvalue weighted by atomic mass is 15.2. The third-order valence-electron chi connectivity index (χ3n) is 1.86. The molecule has 0 aromatic heterocycles. The summed E-state index contributed by atoms with van der Waals surface area (Å²) >= 11 is 0. The summed E-state index contributed by atoms with van der Waals surface area (Å²) in [6, 6.07) is 9.89. The minimum atomic E-state index is -0.773. The van der Waals surface area contributed by atoms with Crippen LogP contribution in [0.3, 0.4) is 0 Å². The molecule has 0 saturated heterocycles. The monoisotopic (exact) mass is 173 g/mol. The molecule has 1 atom stereocenters. The van der Waals surface area contributed by atoms with Crippen LogP contribution < -0.4 is 5.73 Å². The van der Waals surface area contributed by atoms with Crippen molar-refractivity contribution in [1.29, 1.82) is 0 Å². The molecule has 13 heavy (non-hydrogen) atoms. The van der Waals surface area contributed by atoms with Crippen LogP contribution in [0.25, 0.3) is 0 Å². The van der Waals surface area contributed by atoms with E-state index in [4.69, 9.17) is 5.73 Å². The SMILES string of the molecule is CC1(N)N=CC(c2ccccc2)=N1. The highest BCUT2D eigenvalue weighted by molar-refractivity contribution is 6.39. The molecule has 1 aliphatic rings. The molecule has 1 aliphatic heterocycles. The van der Waals surface area contributed by atoms with Crippen molar-refractivity contribution in [2.75, 3.05) is 0 Å². The lowest BCUT2D eigenvalue weighted by Gasteiger charge is -2.07. The van der Waals surface area contributed by atoms with Crippen molar-refractivity contribution in [3.8, 4) is 0 Å². The fourth-order valence-electron chi connectivity index (χ4n) is 1.24. The molecule has 1 heterocycles. The van der Waals surface area contributed by atoms with Gasteiger partial charge in [-0.1, -0.05) is 30.3 Å². The molecular weight excluding hydrogens is 162 g/mol. The summed E-state index contributed by atoms with van der Waals surface area (Å²) in [5, 5.41) is 0. The Hall–Kier alpha value is -1.48. The van der Waals surface area contributed by atoms with Crippen molar-refractivity contribution < 1.29 is 0 Å². The first kappa shape index (κ1) is 8.13. The number of rotatable bonds is 1. The largest absolute Gasteiger partial charge is 0.289 e. The van der Waals surface area contributed by atoms with Crippen LogP contribution in [0.1, 0.15) is 12.5 Å². The minimum absolute atomic E-state index is 0.773. The minimum Gasteiger partial charge on any atom is -0.289 e. The van der Waals surface area contributed by atoms with Crippen molar-refractivity contribution >= 4 is 11.9 Å². The van der Waals surface area contributed by atoms with Gasteiger partial charge in [-0.2, -0.15) is 0 Å². The first-order chi connectivity index (χ1) is 6.17. The lowest BCUT2D eigenvalue weighted by molar-refractivity contribution is 0.535. The predicted molar refractivity (Wildman–Crippen MR) is 54.1 cm³/mol. The number of nitrogens with two attached hydrogens (primary N) is 1. The number of hydrogen-bond donors (Lipinski definition) is 1. The van der Waals surface area contributed by atoms with E-state index in [-0.39, 0.29) is 0 Å². The lowest BCUT2D eigenvalue weighted by atomic mass is 10.1. The Labute approximate surface area is 77.0 Å². The van der Waals surface area contributed by atoms with Gasteiger partial charge in [0.15, 0.2) is 5.79 Å². The Bertz CT molecular complexity index is 363. The molecule has 0 saturated carbocycles. The van der Waals surface area contributed by atoms with Crippen molar-refractivity contribution in [3.63, 3.8) is 0 Å². The van der Waals surface area contributed by atoms with Gasteiger partial charge >= 0.3 is 0 Å². The molecule has 1 aromatic carbocycles. The fourth-order valence-corrected chi connectivity index (χ4v) is 1.24. The molecule has 2 N–H and O–H groups in total. The van der Waals surface area contributed by atoms with E-state index >= 15 is 0 Å². The Balaban J connectivity index is 2.36. The van der Waals surface area contributed by atoms with E-state index in [0.717, 1.165) is 11.3 Å². The second-order valence-electron chi connectivity index (χ2n) is 3.22. The van der Waals surface area contributed by atoms with E-state index < -0.39 is 5.79 Å². The van der Waals surface area contributed by atoms with Gasteiger partial charge in [0.25, 0.3) is 0 Å². The number of nitrogens with zero attached hydrogens (tertiary/aromatic N) is 2. The highest BCUT2D eigenvalue weighted by Crippen LogP contribution is 2.12. The predicted octanol–water partition coefficient (Wildman–Crippen LogP) is 1.19. The van der Waals surface area contributed by atoms with Crippen molar-refractivity contribution in [3.05, 3.63) is 35.9 Å². The van der Waals surface area contributed by atoms with E-state index in [2.05, 4.69) is 9.98 Å². The van der Waals surface area contributed by atoms with Crippen LogP contribution in [-0.4, -0.2) is 17.7 Å². The van der Waals surface area contributed by atoms with Crippen LogP contribution >= 0.6 is 0 Å². The third-order valence-corrected chi connectivity index (χ3v) is 1.86. The van der Waals surface area contributed by atoms with E-state index in [1.54, 1.807) is 13.1 Å². The van der Waals surface area contributed by atoms with E-state index in [9.17, 15) is 0 Å². The second-order valence-corrected chi connectivity index (χ2v) is 3.22. The van der Waals surface area contributed by atoms with Gasteiger partial charge in [-0.05, 0) is 6.92 Å². The zero-order chi connectivity index (χ0) is 9.31. The van der Waals surface area contributed by atoms with Crippen molar-refractivity contribution in [2.45, 2.75) is 12.7 Å². The second kappa shape index (κ2) is 2.78. The average molecular weight is 173 g/mol. The maximum Gasteiger partial charge on any atom is 0.199 e. The standard InChI is InChI=1S/C10H11N3/c1-10(11)12-7-9(13-10)8-5-3-2-4-6-8/h2-7H,11H2,1H3. The van der Waals surface area contributed by atoms with Crippen LogP contribution in [0.15, 0.2) is 40.3 Å². The first-order valence-electron chi connectivity index (χ1n) is 4.17. The van der Waals surface area contributed by atoms with Gasteiger partial charge in [0.1, 0.15) is 0 Å². The van der Waals surface area contributed by atoms with Crippen LogP contribution in [0.4, 0.5) is 0 Å². The van der Waals surface area contributed by atoms with Crippen LogP contribution in [0, 0.1) is 0 Å². The molecule has 1 aromatic rings. The Morgan fingerprint density at radius 1 is 1.23 bits per heavy atom. The molecule has 1 unspecified atom stereocenters. The van der Waals surface area contributed by atoms with Gasteiger partial charge in [-0.3, -0.25) is 5.73 Å². The summed E-state index contributed by atoms with van der Waals surface area (Å²) in [6.45, 7) is 1.78. The molecule has 0 radical (unpaired) electrons.